The van der Waals surface area contributed by atoms with Crippen LogP contribution >= 0.6 is 11.6 Å². The van der Waals surface area contributed by atoms with E-state index >= 15 is 0 Å². The standard InChI is InChI=1S/C12H8ClNO2/c13-11-9(12(15)16)6-7-10(14-11)8-4-2-1-3-5-8/h1-7H,(H,15,16). The molecular formula is C12H8ClNO2. The Balaban J connectivity index is 2.46. The molecule has 80 valence electrons. The number of carboxylic acid groups (broad SMARTS) is 1. The van der Waals surface area contributed by atoms with E-state index in [2.05, 4.69) is 4.98 Å². The zero-order chi connectivity index (χ0) is 11.5. The lowest BCUT2D eigenvalue weighted by atomic mass is 10.1. The molecule has 3 nitrogen and oxygen atoms in total. The number of rotatable bonds is 2. The highest BCUT2D eigenvalue weighted by Crippen LogP contribution is 2.21. The first-order chi connectivity index (χ1) is 7.68. The van der Waals surface area contributed by atoms with Gasteiger partial charge in [0, 0.05) is 5.56 Å². The molecule has 16 heavy (non-hydrogen) atoms. The normalized spacial score (nSPS) is 10.1. The predicted octanol–water partition coefficient (Wildman–Crippen LogP) is 3.10. The average molecular weight is 234 g/mol. The number of benzene rings is 1. The molecule has 0 radical (unpaired) electrons. The van der Waals surface area contributed by atoms with Gasteiger partial charge in [-0.05, 0) is 12.1 Å². The average Bonchev–Trinajstić information content (AvgIpc) is 2.29. The Kier molecular flexibility index (Phi) is 2.88. The second-order valence-corrected chi connectivity index (χ2v) is 3.56. The lowest BCUT2D eigenvalue weighted by Gasteiger charge is -2.03. The summed E-state index contributed by atoms with van der Waals surface area (Å²) in [7, 11) is 0. The Bertz CT molecular complexity index is 526. The molecule has 4 heteroatoms. The van der Waals surface area contributed by atoms with Gasteiger partial charge in [-0.15, -0.1) is 0 Å². The van der Waals surface area contributed by atoms with Crippen molar-refractivity contribution >= 4 is 17.6 Å². The van der Waals surface area contributed by atoms with Crippen LogP contribution in [0.3, 0.4) is 0 Å². The maximum atomic E-state index is 10.7. The minimum atomic E-state index is -1.07. The lowest BCUT2D eigenvalue weighted by Crippen LogP contribution is -1.99. The lowest BCUT2D eigenvalue weighted by molar-refractivity contribution is 0.0696. The molecule has 0 saturated carbocycles. The molecule has 0 amide bonds. The van der Waals surface area contributed by atoms with Gasteiger partial charge in [-0.2, -0.15) is 0 Å². The first-order valence-corrected chi connectivity index (χ1v) is 5.01. The summed E-state index contributed by atoms with van der Waals surface area (Å²) in [6.07, 6.45) is 0. The van der Waals surface area contributed by atoms with Gasteiger partial charge < -0.3 is 5.11 Å². The van der Waals surface area contributed by atoms with Crippen molar-refractivity contribution in [2.45, 2.75) is 0 Å². The fourth-order valence-corrected chi connectivity index (χ4v) is 1.60. The van der Waals surface area contributed by atoms with E-state index in [9.17, 15) is 4.79 Å². The Morgan fingerprint density at radius 2 is 1.81 bits per heavy atom. The third-order valence-electron chi connectivity index (χ3n) is 2.15. The van der Waals surface area contributed by atoms with E-state index < -0.39 is 5.97 Å². The van der Waals surface area contributed by atoms with Crippen LogP contribution < -0.4 is 0 Å². The van der Waals surface area contributed by atoms with Gasteiger partial charge in [0.05, 0.1) is 11.3 Å². The van der Waals surface area contributed by atoms with Gasteiger partial charge in [0.1, 0.15) is 5.15 Å². The second kappa shape index (κ2) is 4.33. The van der Waals surface area contributed by atoms with Crippen molar-refractivity contribution in [3.63, 3.8) is 0 Å². The van der Waals surface area contributed by atoms with Crippen LogP contribution in [0.2, 0.25) is 5.15 Å². The monoisotopic (exact) mass is 233 g/mol. The molecule has 0 saturated heterocycles. The molecular weight excluding hydrogens is 226 g/mol. The quantitative estimate of drug-likeness (QED) is 0.811. The molecule has 0 aliphatic carbocycles. The molecule has 0 fully saturated rings. The number of nitrogens with zero attached hydrogens (tertiary/aromatic N) is 1. The summed E-state index contributed by atoms with van der Waals surface area (Å²) < 4.78 is 0. The maximum absolute atomic E-state index is 10.7. The Morgan fingerprint density at radius 3 is 2.38 bits per heavy atom. The highest BCUT2D eigenvalue weighted by molar-refractivity contribution is 6.32. The summed E-state index contributed by atoms with van der Waals surface area (Å²) >= 11 is 5.78. The van der Waals surface area contributed by atoms with E-state index in [1.54, 1.807) is 6.07 Å². The molecule has 0 atom stereocenters. The number of pyridine rings is 1. The van der Waals surface area contributed by atoms with E-state index in [0.717, 1.165) is 5.56 Å². The van der Waals surface area contributed by atoms with Crippen LogP contribution in [0.15, 0.2) is 42.5 Å². The van der Waals surface area contributed by atoms with Crippen LogP contribution in [-0.4, -0.2) is 16.1 Å². The van der Waals surface area contributed by atoms with Crippen molar-refractivity contribution in [1.82, 2.24) is 4.98 Å². The van der Waals surface area contributed by atoms with E-state index in [1.807, 2.05) is 30.3 Å². The first-order valence-electron chi connectivity index (χ1n) is 4.64. The fraction of sp³-hybridized carbons (Fsp3) is 0. The summed E-state index contributed by atoms with van der Waals surface area (Å²) in [4.78, 5) is 14.8. The number of halogens is 1. The number of carboxylic acids is 1. The van der Waals surface area contributed by atoms with Gasteiger partial charge in [0.15, 0.2) is 0 Å². The summed E-state index contributed by atoms with van der Waals surface area (Å²) in [5.41, 5.74) is 1.58. The fourth-order valence-electron chi connectivity index (χ4n) is 1.36. The van der Waals surface area contributed by atoms with Gasteiger partial charge in [-0.1, -0.05) is 41.9 Å². The van der Waals surface area contributed by atoms with Crippen molar-refractivity contribution < 1.29 is 9.90 Å². The molecule has 2 rings (SSSR count). The molecule has 1 aromatic carbocycles. The number of aromatic carboxylic acids is 1. The van der Waals surface area contributed by atoms with Gasteiger partial charge in [-0.3, -0.25) is 0 Å². The number of hydrogen-bond acceptors (Lipinski definition) is 2. The zero-order valence-corrected chi connectivity index (χ0v) is 8.98. The van der Waals surface area contributed by atoms with Crippen LogP contribution in [0.5, 0.6) is 0 Å². The Morgan fingerprint density at radius 1 is 1.12 bits per heavy atom. The van der Waals surface area contributed by atoms with Crippen molar-refractivity contribution in [2.75, 3.05) is 0 Å². The van der Waals surface area contributed by atoms with E-state index in [-0.39, 0.29) is 10.7 Å². The topological polar surface area (TPSA) is 50.2 Å². The van der Waals surface area contributed by atoms with Gasteiger partial charge in [0.25, 0.3) is 0 Å². The van der Waals surface area contributed by atoms with Crippen molar-refractivity contribution in [3.05, 3.63) is 53.2 Å². The van der Waals surface area contributed by atoms with Crippen LogP contribution in [0.1, 0.15) is 10.4 Å². The predicted molar refractivity (Wildman–Crippen MR) is 61.6 cm³/mol. The molecule has 0 spiro atoms. The molecule has 1 N–H and O–H groups in total. The SMILES string of the molecule is O=C(O)c1ccc(-c2ccccc2)nc1Cl. The summed E-state index contributed by atoms with van der Waals surface area (Å²) in [5.74, 6) is -1.07. The Hall–Kier alpha value is -1.87. The van der Waals surface area contributed by atoms with Crippen molar-refractivity contribution in [2.24, 2.45) is 0 Å². The van der Waals surface area contributed by atoms with Gasteiger partial charge in [-0.25, -0.2) is 9.78 Å². The van der Waals surface area contributed by atoms with E-state index in [0.29, 0.717) is 5.69 Å². The van der Waals surface area contributed by atoms with Gasteiger partial charge in [0.2, 0.25) is 0 Å². The molecule has 0 unspecified atom stereocenters. The third-order valence-corrected chi connectivity index (χ3v) is 2.44. The zero-order valence-electron chi connectivity index (χ0n) is 8.22. The highest BCUT2D eigenvalue weighted by Gasteiger charge is 2.10. The molecule has 2 aromatic rings. The third kappa shape index (κ3) is 2.04. The molecule has 0 aliphatic rings. The maximum Gasteiger partial charge on any atom is 0.338 e. The van der Waals surface area contributed by atoms with E-state index in [1.165, 1.54) is 6.07 Å². The van der Waals surface area contributed by atoms with E-state index in [4.69, 9.17) is 16.7 Å². The minimum Gasteiger partial charge on any atom is -0.478 e. The number of aromatic nitrogens is 1. The smallest absolute Gasteiger partial charge is 0.338 e. The minimum absolute atomic E-state index is 0.00820. The number of carbonyl (C=O) groups is 1. The van der Waals surface area contributed by atoms with Crippen LogP contribution in [-0.2, 0) is 0 Å². The molecule has 1 aromatic heterocycles. The molecule has 0 bridgehead atoms. The second-order valence-electron chi connectivity index (χ2n) is 3.21. The van der Waals surface area contributed by atoms with Crippen LogP contribution in [0.4, 0.5) is 0 Å². The molecule has 1 heterocycles. The van der Waals surface area contributed by atoms with Crippen molar-refractivity contribution in [3.8, 4) is 11.3 Å². The Labute approximate surface area is 97.3 Å². The van der Waals surface area contributed by atoms with Gasteiger partial charge >= 0.3 is 5.97 Å². The highest BCUT2D eigenvalue weighted by atomic mass is 35.5. The van der Waals surface area contributed by atoms with Crippen molar-refractivity contribution in [1.29, 1.82) is 0 Å². The first kappa shape index (κ1) is 10.6. The number of hydrogen-bond donors (Lipinski definition) is 1. The summed E-state index contributed by atoms with van der Waals surface area (Å²) in [5, 5.41) is 8.81. The summed E-state index contributed by atoms with van der Waals surface area (Å²) in [6, 6.07) is 12.5. The molecule has 0 aliphatic heterocycles. The van der Waals surface area contributed by atoms with Crippen LogP contribution in [0, 0.1) is 0 Å². The van der Waals surface area contributed by atoms with Crippen LogP contribution in [0.25, 0.3) is 11.3 Å². The largest absolute Gasteiger partial charge is 0.478 e. The summed E-state index contributed by atoms with van der Waals surface area (Å²) in [6.45, 7) is 0.